The van der Waals surface area contributed by atoms with Crippen LogP contribution in [-0.2, 0) is 0 Å². The molecular formula is C12H22N2. The number of hydrogen-bond acceptors (Lipinski definition) is 2. The van der Waals surface area contributed by atoms with Crippen LogP contribution in [0.25, 0.3) is 0 Å². The Morgan fingerprint density at radius 3 is 1.86 bits per heavy atom. The van der Waals surface area contributed by atoms with Gasteiger partial charge >= 0.3 is 0 Å². The van der Waals surface area contributed by atoms with Gasteiger partial charge in [0.05, 0.1) is 6.04 Å². The topological polar surface area (TPSA) is 36.2 Å². The van der Waals surface area contributed by atoms with Crippen LogP contribution in [0, 0.1) is 17.4 Å². The highest BCUT2D eigenvalue weighted by Crippen LogP contribution is 2.38. The molecule has 2 aliphatic rings. The first-order valence-corrected chi connectivity index (χ1v) is 6.26. The number of nitrogens with zero attached hydrogens (tertiary/aromatic N) is 1. The van der Waals surface area contributed by atoms with E-state index in [9.17, 15) is 0 Å². The standard InChI is InChI=1S/C12H22N2/c13-14-12-8-6-11(7-9-12)10-4-2-1-3-5-10/h10-13H,1-9H2. The SMILES string of the molecule is N=NC1CCC(C2CCCCC2)CC1. The lowest BCUT2D eigenvalue weighted by molar-refractivity contribution is 0.185. The quantitative estimate of drug-likeness (QED) is 0.641. The fourth-order valence-electron chi connectivity index (χ4n) is 3.31. The Balaban J connectivity index is 1.78. The Bertz CT molecular complexity index is 177. The number of hydrogen-bond donors (Lipinski definition) is 1. The fourth-order valence-corrected chi connectivity index (χ4v) is 3.31. The van der Waals surface area contributed by atoms with E-state index in [0.717, 1.165) is 11.8 Å². The second kappa shape index (κ2) is 4.90. The van der Waals surface area contributed by atoms with Gasteiger partial charge in [0.15, 0.2) is 0 Å². The lowest BCUT2D eigenvalue weighted by Gasteiger charge is -2.34. The third-order valence-corrected chi connectivity index (χ3v) is 4.24. The molecule has 0 aliphatic heterocycles. The molecule has 80 valence electrons. The van der Waals surface area contributed by atoms with Gasteiger partial charge in [0.1, 0.15) is 0 Å². The fraction of sp³-hybridized carbons (Fsp3) is 1.00. The van der Waals surface area contributed by atoms with Gasteiger partial charge in [0.2, 0.25) is 0 Å². The van der Waals surface area contributed by atoms with Crippen LogP contribution in [0.2, 0.25) is 0 Å². The van der Waals surface area contributed by atoms with Gasteiger partial charge in [0.25, 0.3) is 0 Å². The van der Waals surface area contributed by atoms with Gasteiger partial charge in [-0.05, 0) is 37.5 Å². The Labute approximate surface area is 87.0 Å². The van der Waals surface area contributed by atoms with Crippen molar-refractivity contribution in [1.29, 1.82) is 5.53 Å². The zero-order valence-corrected chi connectivity index (χ0v) is 9.04. The molecule has 2 rings (SSSR count). The van der Waals surface area contributed by atoms with E-state index in [1.54, 1.807) is 0 Å². The van der Waals surface area contributed by atoms with Crippen molar-refractivity contribution in [3.05, 3.63) is 0 Å². The summed E-state index contributed by atoms with van der Waals surface area (Å²) in [6, 6.07) is 0.370. The molecule has 2 fully saturated rings. The molecule has 0 radical (unpaired) electrons. The molecule has 14 heavy (non-hydrogen) atoms. The van der Waals surface area contributed by atoms with Gasteiger partial charge in [-0.25, -0.2) is 5.53 Å². The van der Waals surface area contributed by atoms with Crippen LogP contribution in [0.4, 0.5) is 0 Å². The third kappa shape index (κ3) is 2.34. The van der Waals surface area contributed by atoms with Crippen LogP contribution in [0.3, 0.4) is 0 Å². The summed E-state index contributed by atoms with van der Waals surface area (Å²) in [5, 5.41) is 3.68. The molecule has 2 saturated carbocycles. The molecule has 0 unspecified atom stereocenters. The maximum atomic E-state index is 7.03. The van der Waals surface area contributed by atoms with Gasteiger partial charge in [0, 0.05) is 0 Å². The van der Waals surface area contributed by atoms with Crippen LogP contribution in [0.15, 0.2) is 5.11 Å². The molecule has 0 atom stereocenters. The number of nitrogens with one attached hydrogen (secondary N) is 1. The first kappa shape index (κ1) is 10.1. The van der Waals surface area contributed by atoms with E-state index in [-0.39, 0.29) is 0 Å². The summed E-state index contributed by atoms with van der Waals surface area (Å²) in [7, 11) is 0. The van der Waals surface area contributed by atoms with E-state index in [1.165, 1.54) is 57.8 Å². The monoisotopic (exact) mass is 194 g/mol. The van der Waals surface area contributed by atoms with Gasteiger partial charge in [-0.1, -0.05) is 32.1 Å². The zero-order valence-electron chi connectivity index (χ0n) is 9.04. The van der Waals surface area contributed by atoms with Crippen LogP contribution in [-0.4, -0.2) is 6.04 Å². The van der Waals surface area contributed by atoms with Crippen molar-refractivity contribution in [3.8, 4) is 0 Å². The molecule has 0 aromatic rings. The molecule has 0 bridgehead atoms. The van der Waals surface area contributed by atoms with Crippen molar-refractivity contribution in [3.63, 3.8) is 0 Å². The Hall–Kier alpha value is -0.400. The summed E-state index contributed by atoms with van der Waals surface area (Å²) in [4.78, 5) is 0. The molecule has 1 N–H and O–H groups in total. The van der Waals surface area contributed by atoms with E-state index in [0.29, 0.717) is 6.04 Å². The summed E-state index contributed by atoms with van der Waals surface area (Å²) in [5.41, 5.74) is 7.03. The van der Waals surface area contributed by atoms with Crippen molar-refractivity contribution in [2.75, 3.05) is 0 Å². The van der Waals surface area contributed by atoms with Crippen LogP contribution in [0.5, 0.6) is 0 Å². The number of rotatable bonds is 2. The predicted octanol–water partition coefficient (Wildman–Crippen LogP) is 4.16. The summed E-state index contributed by atoms with van der Waals surface area (Å²) < 4.78 is 0. The van der Waals surface area contributed by atoms with Gasteiger partial charge in [-0.3, -0.25) is 0 Å². The lowest BCUT2D eigenvalue weighted by atomic mass is 9.72. The molecule has 0 aromatic carbocycles. The highest BCUT2D eigenvalue weighted by Gasteiger charge is 2.28. The van der Waals surface area contributed by atoms with Gasteiger partial charge < -0.3 is 0 Å². The van der Waals surface area contributed by atoms with E-state index >= 15 is 0 Å². The van der Waals surface area contributed by atoms with Gasteiger partial charge in [-0.2, -0.15) is 5.11 Å². The summed E-state index contributed by atoms with van der Waals surface area (Å²) >= 11 is 0. The van der Waals surface area contributed by atoms with Crippen LogP contribution in [0.1, 0.15) is 57.8 Å². The van der Waals surface area contributed by atoms with Crippen molar-refractivity contribution in [1.82, 2.24) is 0 Å². The van der Waals surface area contributed by atoms with Gasteiger partial charge in [-0.15, -0.1) is 0 Å². The maximum Gasteiger partial charge on any atom is 0.0706 e. The second-order valence-electron chi connectivity index (χ2n) is 5.10. The maximum absolute atomic E-state index is 7.03. The molecule has 0 amide bonds. The average Bonchev–Trinajstić information content (AvgIpc) is 2.30. The van der Waals surface area contributed by atoms with E-state index in [4.69, 9.17) is 5.53 Å². The van der Waals surface area contributed by atoms with Crippen LogP contribution < -0.4 is 0 Å². The van der Waals surface area contributed by atoms with Crippen molar-refractivity contribution in [2.24, 2.45) is 17.0 Å². The Morgan fingerprint density at radius 2 is 1.29 bits per heavy atom. The largest absolute Gasteiger partial charge is 0.210 e. The van der Waals surface area contributed by atoms with Crippen molar-refractivity contribution >= 4 is 0 Å². The molecule has 2 aliphatic carbocycles. The predicted molar refractivity (Wildman–Crippen MR) is 57.5 cm³/mol. The third-order valence-electron chi connectivity index (χ3n) is 4.24. The lowest BCUT2D eigenvalue weighted by Crippen LogP contribution is -2.24. The Kier molecular flexibility index (Phi) is 3.55. The summed E-state index contributed by atoms with van der Waals surface area (Å²) in [6.45, 7) is 0. The molecule has 2 nitrogen and oxygen atoms in total. The average molecular weight is 194 g/mol. The van der Waals surface area contributed by atoms with Crippen LogP contribution >= 0.6 is 0 Å². The minimum atomic E-state index is 0.370. The molecule has 0 saturated heterocycles. The minimum absolute atomic E-state index is 0.370. The Morgan fingerprint density at radius 1 is 0.714 bits per heavy atom. The van der Waals surface area contributed by atoms with E-state index in [2.05, 4.69) is 5.11 Å². The molecule has 0 heterocycles. The molecule has 0 aromatic heterocycles. The molecular weight excluding hydrogens is 172 g/mol. The first-order chi connectivity index (χ1) is 6.90. The van der Waals surface area contributed by atoms with Crippen molar-refractivity contribution in [2.45, 2.75) is 63.8 Å². The molecule has 2 heteroatoms. The summed E-state index contributed by atoms with van der Waals surface area (Å²) in [5.74, 6) is 2.00. The summed E-state index contributed by atoms with van der Waals surface area (Å²) in [6.07, 6.45) is 12.4. The van der Waals surface area contributed by atoms with Crippen molar-refractivity contribution < 1.29 is 0 Å². The normalized spacial score (nSPS) is 35.4. The molecule has 0 spiro atoms. The highest BCUT2D eigenvalue weighted by molar-refractivity contribution is 4.81. The first-order valence-electron chi connectivity index (χ1n) is 6.26. The zero-order chi connectivity index (χ0) is 9.80. The van der Waals surface area contributed by atoms with E-state index < -0.39 is 0 Å². The smallest absolute Gasteiger partial charge is 0.0706 e. The highest BCUT2D eigenvalue weighted by atomic mass is 15.0. The second-order valence-corrected chi connectivity index (χ2v) is 5.10. The minimum Gasteiger partial charge on any atom is -0.210 e. The van der Waals surface area contributed by atoms with E-state index in [1.807, 2.05) is 0 Å².